The average molecular weight is 410 g/mol. The number of halogens is 1. The number of likely N-dealkylation sites (tertiary alicyclic amines) is 1. The molecule has 1 saturated heterocycles. The summed E-state index contributed by atoms with van der Waals surface area (Å²) in [5.74, 6) is -0.178. The summed E-state index contributed by atoms with van der Waals surface area (Å²) < 4.78 is 13.0. The lowest BCUT2D eigenvalue weighted by Gasteiger charge is -2.29. The third-order valence-corrected chi connectivity index (χ3v) is 6.96. The molecule has 5 heteroatoms. The summed E-state index contributed by atoms with van der Waals surface area (Å²) in [7, 11) is 1.78. The summed E-state index contributed by atoms with van der Waals surface area (Å²) in [6.45, 7) is 0. The van der Waals surface area contributed by atoms with Gasteiger partial charge in [0.2, 0.25) is 5.91 Å². The van der Waals surface area contributed by atoms with Crippen LogP contribution in [0.4, 0.5) is 4.39 Å². The molecule has 0 bridgehead atoms. The number of rotatable bonds is 6. The highest BCUT2D eigenvalue weighted by molar-refractivity contribution is 7.12. The molecule has 2 aromatic carbocycles. The Kier molecular flexibility index (Phi) is 5.79. The number of thiophene rings is 1. The summed E-state index contributed by atoms with van der Waals surface area (Å²) >= 11 is 1.59. The van der Waals surface area contributed by atoms with Crippen LogP contribution in [-0.4, -0.2) is 29.0 Å². The van der Waals surface area contributed by atoms with Gasteiger partial charge in [-0.25, -0.2) is 4.39 Å². The number of carbonyl (C=O) groups is 1. The highest BCUT2D eigenvalue weighted by Crippen LogP contribution is 2.41. The molecular formula is C24H24FNO2S. The maximum absolute atomic E-state index is 13.0. The summed E-state index contributed by atoms with van der Waals surface area (Å²) in [5, 5.41) is 11.1. The first kappa shape index (κ1) is 19.8. The van der Waals surface area contributed by atoms with Gasteiger partial charge in [0.1, 0.15) is 11.9 Å². The zero-order valence-electron chi connectivity index (χ0n) is 16.3. The highest BCUT2D eigenvalue weighted by atomic mass is 32.1. The van der Waals surface area contributed by atoms with E-state index in [1.54, 1.807) is 23.3 Å². The number of amides is 1. The second-order valence-electron chi connectivity index (χ2n) is 7.59. The van der Waals surface area contributed by atoms with Gasteiger partial charge in [-0.05, 0) is 48.2 Å². The Hall–Kier alpha value is -2.50. The van der Waals surface area contributed by atoms with Crippen molar-refractivity contribution in [2.75, 3.05) is 7.05 Å². The number of aliphatic hydroxyl groups excluding tert-OH is 1. The van der Waals surface area contributed by atoms with E-state index in [4.69, 9.17) is 0 Å². The lowest BCUT2D eigenvalue weighted by molar-refractivity contribution is -0.128. The zero-order valence-corrected chi connectivity index (χ0v) is 17.1. The van der Waals surface area contributed by atoms with Crippen molar-refractivity contribution in [1.82, 2.24) is 4.90 Å². The summed E-state index contributed by atoms with van der Waals surface area (Å²) in [6, 6.07) is 20.3. The summed E-state index contributed by atoms with van der Waals surface area (Å²) in [4.78, 5) is 16.1. The minimum absolute atomic E-state index is 0.0199. The second-order valence-corrected chi connectivity index (χ2v) is 8.79. The Morgan fingerprint density at radius 2 is 1.79 bits per heavy atom. The Bertz CT molecular complexity index is 970. The van der Waals surface area contributed by atoms with E-state index >= 15 is 0 Å². The van der Waals surface area contributed by atoms with Crippen molar-refractivity contribution in [3.63, 3.8) is 0 Å². The predicted molar refractivity (Wildman–Crippen MR) is 113 cm³/mol. The highest BCUT2D eigenvalue weighted by Gasteiger charge is 2.43. The largest absolute Gasteiger partial charge is 0.385 e. The molecule has 150 valence electrons. The lowest BCUT2D eigenvalue weighted by Crippen LogP contribution is -2.36. The quantitative estimate of drug-likeness (QED) is 0.640. The van der Waals surface area contributed by atoms with Gasteiger partial charge in [0.05, 0.1) is 6.04 Å². The third-order valence-electron chi connectivity index (χ3n) is 5.75. The average Bonchev–Trinajstić information content (AvgIpc) is 3.33. The molecular weight excluding hydrogens is 385 g/mol. The fourth-order valence-corrected chi connectivity index (χ4v) is 5.15. The van der Waals surface area contributed by atoms with Crippen molar-refractivity contribution in [2.45, 2.75) is 37.3 Å². The van der Waals surface area contributed by atoms with Gasteiger partial charge < -0.3 is 10.0 Å². The van der Waals surface area contributed by atoms with Crippen LogP contribution in [0, 0.1) is 5.82 Å². The molecule has 1 unspecified atom stereocenters. The van der Waals surface area contributed by atoms with Crippen molar-refractivity contribution in [3.05, 3.63) is 93.4 Å². The normalized spacial score (nSPS) is 20.2. The predicted octanol–water partition coefficient (Wildman–Crippen LogP) is 4.72. The van der Waals surface area contributed by atoms with Gasteiger partial charge in [-0.2, -0.15) is 0 Å². The maximum Gasteiger partial charge on any atom is 0.223 e. The molecule has 3 nitrogen and oxygen atoms in total. The van der Waals surface area contributed by atoms with E-state index < -0.39 is 6.10 Å². The SMILES string of the molecule is CN1C(=O)C[C@H](c2ccccc2)[C@@H]1C(O)c1ccc(CCc2ccc(F)cc2)s1. The zero-order chi connectivity index (χ0) is 20.4. The number of aliphatic hydroxyl groups is 1. The molecule has 0 aliphatic carbocycles. The number of hydrogen-bond acceptors (Lipinski definition) is 3. The van der Waals surface area contributed by atoms with Gasteiger partial charge in [0.25, 0.3) is 0 Å². The van der Waals surface area contributed by atoms with Crippen LogP contribution in [0.2, 0.25) is 0 Å². The van der Waals surface area contributed by atoms with Crippen LogP contribution in [0.15, 0.2) is 66.7 Å². The van der Waals surface area contributed by atoms with E-state index in [0.29, 0.717) is 6.42 Å². The fourth-order valence-electron chi connectivity index (χ4n) is 4.11. The van der Waals surface area contributed by atoms with Crippen LogP contribution in [-0.2, 0) is 17.6 Å². The van der Waals surface area contributed by atoms with Crippen molar-refractivity contribution < 1.29 is 14.3 Å². The van der Waals surface area contributed by atoms with Gasteiger partial charge in [-0.15, -0.1) is 11.3 Å². The Balaban J connectivity index is 1.49. The molecule has 1 N–H and O–H groups in total. The van der Waals surface area contributed by atoms with E-state index in [1.165, 1.54) is 17.0 Å². The van der Waals surface area contributed by atoms with Gasteiger partial charge in [0.15, 0.2) is 0 Å². The minimum Gasteiger partial charge on any atom is -0.385 e. The van der Waals surface area contributed by atoms with E-state index in [0.717, 1.165) is 28.8 Å². The topological polar surface area (TPSA) is 40.5 Å². The first-order valence-corrected chi connectivity index (χ1v) is 10.7. The van der Waals surface area contributed by atoms with E-state index in [-0.39, 0.29) is 23.7 Å². The Morgan fingerprint density at radius 3 is 2.52 bits per heavy atom. The van der Waals surface area contributed by atoms with Crippen molar-refractivity contribution >= 4 is 17.2 Å². The molecule has 1 fully saturated rings. The Labute approximate surface area is 174 Å². The fraction of sp³-hybridized carbons (Fsp3) is 0.292. The molecule has 3 atom stereocenters. The van der Waals surface area contributed by atoms with Crippen LogP contribution in [0.5, 0.6) is 0 Å². The van der Waals surface area contributed by atoms with Gasteiger partial charge in [-0.3, -0.25) is 4.79 Å². The first-order chi connectivity index (χ1) is 14.0. The number of nitrogens with zero attached hydrogens (tertiary/aromatic N) is 1. The standard InChI is InChI=1S/C24H24FNO2S/c1-26-22(27)15-20(17-5-3-2-4-6-17)23(26)24(28)21-14-13-19(29-21)12-9-16-7-10-18(25)11-8-16/h2-8,10-11,13-14,20,23-24,28H,9,12,15H2,1H3/t20-,23-,24?/m1/s1. The second kappa shape index (κ2) is 8.47. The maximum atomic E-state index is 13.0. The van der Waals surface area contributed by atoms with Crippen LogP contribution in [0.3, 0.4) is 0 Å². The molecule has 0 spiro atoms. The molecule has 1 aliphatic rings. The van der Waals surface area contributed by atoms with E-state index in [1.807, 2.05) is 54.6 Å². The van der Waals surface area contributed by atoms with Crippen LogP contribution in [0.25, 0.3) is 0 Å². The molecule has 1 aliphatic heterocycles. The summed E-state index contributed by atoms with van der Waals surface area (Å²) in [6.07, 6.45) is 1.36. The molecule has 29 heavy (non-hydrogen) atoms. The number of aryl methyl sites for hydroxylation is 2. The molecule has 0 radical (unpaired) electrons. The van der Waals surface area contributed by atoms with E-state index in [2.05, 4.69) is 0 Å². The minimum atomic E-state index is -0.721. The van der Waals surface area contributed by atoms with Gasteiger partial charge in [-0.1, -0.05) is 42.5 Å². The van der Waals surface area contributed by atoms with Crippen molar-refractivity contribution in [3.8, 4) is 0 Å². The molecule has 1 amide bonds. The first-order valence-electron chi connectivity index (χ1n) is 9.84. The molecule has 1 aromatic heterocycles. The number of carbonyl (C=O) groups excluding carboxylic acids is 1. The van der Waals surface area contributed by atoms with E-state index in [9.17, 15) is 14.3 Å². The van der Waals surface area contributed by atoms with Gasteiger partial charge in [0, 0.05) is 29.1 Å². The Morgan fingerprint density at radius 1 is 1.07 bits per heavy atom. The molecule has 2 heterocycles. The van der Waals surface area contributed by atoms with Crippen molar-refractivity contribution in [1.29, 1.82) is 0 Å². The molecule has 3 aromatic rings. The summed E-state index contributed by atoms with van der Waals surface area (Å²) in [5.41, 5.74) is 2.18. The third kappa shape index (κ3) is 4.26. The van der Waals surface area contributed by atoms with Crippen LogP contribution < -0.4 is 0 Å². The number of hydrogen-bond donors (Lipinski definition) is 1. The molecule has 4 rings (SSSR count). The van der Waals surface area contributed by atoms with Crippen molar-refractivity contribution in [2.24, 2.45) is 0 Å². The lowest BCUT2D eigenvalue weighted by atomic mass is 9.88. The smallest absolute Gasteiger partial charge is 0.223 e. The monoisotopic (exact) mass is 409 g/mol. The molecule has 0 saturated carbocycles. The number of likely N-dealkylation sites (N-methyl/N-ethyl adjacent to an activating group) is 1. The number of benzene rings is 2. The van der Waals surface area contributed by atoms with Crippen LogP contribution >= 0.6 is 11.3 Å². The van der Waals surface area contributed by atoms with Crippen LogP contribution in [0.1, 0.15) is 39.3 Å². The van der Waals surface area contributed by atoms with Gasteiger partial charge >= 0.3 is 0 Å².